The van der Waals surface area contributed by atoms with E-state index in [-0.39, 0.29) is 18.0 Å². The molecule has 0 N–H and O–H groups in total. The smallest absolute Gasteiger partial charge is 0.257 e. The predicted octanol–water partition coefficient (Wildman–Crippen LogP) is 3.99. The number of hydrogen-bond donors (Lipinski definition) is 0. The van der Waals surface area contributed by atoms with Crippen LogP contribution in [0.4, 0.5) is 0 Å². The first kappa shape index (κ1) is 19.6. The van der Waals surface area contributed by atoms with Crippen molar-refractivity contribution >= 4 is 23.4 Å². The number of nitrogens with zero attached hydrogens (tertiary/aromatic N) is 2. The molecule has 1 aromatic rings. The standard InChI is InChI=1S/C22H29ClN2O3/c1-3-5-18-14-10-15(19-6-4-7-21(26)25(18)19)13-24(12-14)22(27)17-11-16(23)8-9-20(17)28-2/h8-9,11,14-15,18-19H,3-7,10,12-13H2,1-2H3/t14-,15+,18-,19-/m0/s1. The van der Waals surface area contributed by atoms with E-state index >= 15 is 0 Å². The van der Waals surface area contributed by atoms with E-state index in [0.717, 1.165) is 32.1 Å². The second-order valence-electron chi connectivity index (χ2n) is 8.43. The summed E-state index contributed by atoms with van der Waals surface area (Å²) in [6, 6.07) is 5.74. The zero-order valence-electron chi connectivity index (χ0n) is 16.7. The van der Waals surface area contributed by atoms with Crippen LogP contribution in [-0.2, 0) is 4.79 Å². The monoisotopic (exact) mass is 404 g/mol. The SMILES string of the molecule is CCC[C@H]1[C@H]2C[C@H](CN(C(=O)c3cc(Cl)ccc3OC)C2)[C@@H]2CCCC(=O)N21. The van der Waals surface area contributed by atoms with Gasteiger partial charge in [-0.25, -0.2) is 0 Å². The lowest BCUT2D eigenvalue weighted by molar-refractivity contribution is -0.152. The number of methoxy groups -OCH3 is 1. The van der Waals surface area contributed by atoms with Crippen molar-refractivity contribution in [1.82, 2.24) is 9.80 Å². The van der Waals surface area contributed by atoms with E-state index in [1.165, 1.54) is 0 Å². The van der Waals surface area contributed by atoms with E-state index in [1.807, 2.05) is 4.90 Å². The molecule has 0 saturated carbocycles. The molecule has 0 aliphatic carbocycles. The molecular formula is C22H29ClN2O3. The molecule has 0 radical (unpaired) electrons. The lowest BCUT2D eigenvalue weighted by atomic mass is 9.71. The number of rotatable bonds is 4. The first-order valence-corrected chi connectivity index (χ1v) is 10.8. The van der Waals surface area contributed by atoms with Crippen LogP contribution in [0.2, 0.25) is 5.02 Å². The summed E-state index contributed by atoms with van der Waals surface area (Å²) < 4.78 is 5.41. The minimum absolute atomic E-state index is 0.0140. The van der Waals surface area contributed by atoms with Crippen molar-refractivity contribution in [3.63, 3.8) is 0 Å². The Labute approximate surface area is 172 Å². The van der Waals surface area contributed by atoms with Gasteiger partial charge in [0.15, 0.2) is 0 Å². The van der Waals surface area contributed by atoms with Crippen LogP contribution in [0.15, 0.2) is 18.2 Å². The number of piperidine rings is 3. The Balaban J connectivity index is 1.62. The molecule has 0 spiro atoms. The Morgan fingerprint density at radius 3 is 2.82 bits per heavy atom. The largest absolute Gasteiger partial charge is 0.496 e. The number of fused-ring (bicyclic) bond motifs is 4. The van der Waals surface area contributed by atoms with Crippen molar-refractivity contribution in [2.75, 3.05) is 20.2 Å². The van der Waals surface area contributed by atoms with Gasteiger partial charge in [0.2, 0.25) is 5.91 Å². The second kappa shape index (κ2) is 7.94. The summed E-state index contributed by atoms with van der Waals surface area (Å²) in [5, 5.41) is 0.536. The van der Waals surface area contributed by atoms with Gasteiger partial charge < -0.3 is 14.5 Å². The van der Waals surface area contributed by atoms with Crippen LogP contribution in [-0.4, -0.2) is 53.9 Å². The first-order chi connectivity index (χ1) is 13.5. The number of carbonyl (C=O) groups is 2. The number of likely N-dealkylation sites (tertiary alicyclic amines) is 1. The van der Waals surface area contributed by atoms with Crippen LogP contribution < -0.4 is 4.74 Å². The zero-order valence-corrected chi connectivity index (χ0v) is 17.5. The third kappa shape index (κ3) is 3.38. The van der Waals surface area contributed by atoms with Gasteiger partial charge in [-0.05, 0) is 55.7 Å². The number of ether oxygens (including phenoxy) is 1. The Morgan fingerprint density at radius 1 is 1.29 bits per heavy atom. The molecule has 4 atom stereocenters. The molecule has 3 saturated heterocycles. The van der Waals surface area contributed by atoms with Gasteiger partial charge >= 0.3 is 0 Å². The van der Waals surface area contributed by atoms with Gasteiger partial charge in [-0.1, -0.05) is 24.9 Å². The van der Waals surface area contributed by atoms with Gasteiger partial charge in [0, 0.05) is 36.6 Å². The number of amides is 2. The van der Waals surface area contributed by atoms with Gasteiger partial charge in [0.1, 0.15) is 5.75 Å². The molecular weight excluding hydrogens is 376 g/mol. The lowest BCUT2D eigenvalue weighted by Crippen LogP contribution is -2.65. The molecule has 3 fully saturated rings. The minimum atomic E-state index is -0.0140. The number of hydrogen-bond acceptors (Lipinski definition) is 3. The molecule has 28 heavy (non-hydrogen) atoms. The molecule has 3 aliphatic rings. The van der Waals surface area contributed by atoms with Crippen molar-refractivity contribution in [2.24, 2.45) is 11.8 Å². The normalized spacial score (nSPS) is 29.5. The van der Waals surface area contributed by atoms with Crippen LogP contribution in [0.5, 0.6) is 5.75 Å². The van der Waals surface area contributed by atoms with Gasteiger partial charge in [-0.15, -0.1) is 0 Å². The van der Waals surface area contributed by atoms with E-state index in [1.54, 1.807) is 25.3 Å². The molecule has 2 bridgehead atoms. The number of carbonyl (C=O) groups excluding carboxylic acids is 2. The third-order valence-electron chi connectivity index (χ3n) is 6.76. The predicted molar refractivity (Wildman–Crippen MR) is 109 cm³/mol. The molecule has 5 nitrogen and oxygen atoms in total. The highest BCUT2D eigenvalue weighted by molar-refractivity contribution is 6.31. The van der Waals surface area contributed by atoms with Crippen molar-refractivity contribution < 1.29 is 14.3 Å². The van der Waals surface area contributed by atoms with E-state index in [2.05, 4.69) is 11.8 Å². The summed E-state index contributed by atoms with van der Waals surface area (Å²) in [6.45, 7) is 3.59. The molecule has 6 heteroatoms. The number of benzene rings is 1. The molecule has 3 aliphatic heterocycles. The van der Waals surface area contributed by atoms with Crippen molar-refractivity contribution in [3.8, 4) is 5.75 Å². The molecule has 4 rings (SSSR count). The van der Waals surface area contributed by atoms with Gasteiger partial charge in [0.25, 0.3) is 5.91 Å². The maximum Gasteiger partial charge on any atom is 0.257 e. The zero-order chi connectivity index (χ0) is 19.8. The molecule has 0 aromatic heterocycles. The van der Waals surface area contributed by atoms with E-state index in [0.29, 0.717) is 53.6 Å². The summed E-state index contributed by atoms with van der Waals surface area (Å²) in [7, 11) is 1.58. The number of halogens is 1. The highest BCUT2D eigenvalue weighted by Crippen LogP contribution is 2.43. The Hall–Kier alpha value is -1.75. The van der Waals surface area contributed by atoms with E-state index < -0.39 is 0 Å². The van der Waals surface area contributed by atoms with Gasteiger partial charge in [-0.2, -0.15) is 0 Å². The third-order valence-corrected chi connectivity index (χ3v) is 7.00. The maximum absolute atomic E-state index is 13.4. The average Bonchev–Trinajstić information content (AvgIpc) is 2.70. The lowest BCUT2D eigenvalue weighted by Gasteiger charge is -2.56. The molecule has 3 heterocycles. The molecule has 2 amide bonds. The van der Waals surface area contributed by atoms with Crippen LogP contribution in [0.25, 0.3) is 0 Å². The van der Waals surface area contributed by atoms with Crippen molar-refractivity contribution in [2.45, 2.75) is 57.5 Å². The fraction of sp³-hybridized carbons (Fsp3) is 0.636. The maximum atomic E-state index is 13.4. The molecule has 0 unspecified atom stereocenters. The topological polar surface area (TPSA) is 49.9 Å². The Kier molecular flexibility index (Phi) is 5.55. The Bertz CT molecular complexity index is 768. The van der Waals surface area contributed by atoms with Crippen molar-refractivity contribution in [1.29, 1.82) is 0 Å². The van der Waals surface area contributed by atoms with E-state index in [4.69, 9.17) is 16.3 Å². The summed E-state index contributed by atoms with van der Waals surface area (Å²) in [4.78, 5) is 30.3. The van der Waals surface area contributed by atoms with Crippen LogP contribution in [0, 0.1) is 11.8 Å². The highest BCUT2D eigenvalue weighted by atomic mass is 35.5. The van der Waals surface area contributed by atoms with Crippen molar-refractivity contribution in [3.05, 3.63) is 28.8 Å². The molecule has 152 valence electrons. The summed E-state index contributed by atoms with van der Waals surface area (Å²) in [5.41, 5.74) is 0.526. The van der Waals surface area contributed by atoms with Gasteiger partial charge in [-0.3, -0.25) is 9.59 Å². The fourth-order valence-corrected chi connectivity index (χ4v) is 5.80. The van der Waals surface area contributed by atoms with Gasteiger partial charge in [0.05, 0.1) is 12.7 Å². The summed E-state index contributed by atoms with van der Waals surface area (Å²) in [5.74, 6) is 1.58. The minimum Gasteiger partial charge on any atom is -0.496 e. The molecule has 1 aromatic carbocycles. The summed E-state index contributed by atoms with van der Waals surface area (Å²) in [6.07, 6.45) is 5.90. The van der Waals surface area contributed by atoms with Crippen LogP contribution >= 0.6 is 11.6 Å². The van der Waals surface area contributed by atoms with E-state index in [9.17, 15) is 9.59 Å². The fourth-order valence-electron chi connectivity index (χ4n) is 5.63. The average molecular weight is 405 g/mol. The first-order valence-electron chi connectivity index (χ1n) is 10.5. The second-order valence-corrected chi connectivity index (χ2v) is 8.86. The Morgan fingerprint density at radius 2 is 2.07 bits per heavy atom. The summed E-state index contributed by atoms with van der Waals surface area (Å²) >= 11 is 6.15. The quantitative estimate of drug-likeness (QED) is 0.762. The highest BCUT2D eigenvalue weighted by Gasteiger charge is 2.49. The van der Waals surface area contributed by atoms with Crippen LogP contribution in [0.3, 0.4) is 0 Å². The van der Waals surface area contributed by atoms with Crippen LogP contribution in [0.1, 0.15) is 55.8 Å².